The summed E-state index contributed by atoms with van der Waals surface area (Å²) < 4.78 is 2.09. The zero-order chi connectivity index (χ0) is 14.5. The van der Waals surface area contributed by atoms with Crippen LogP contribution >= 0.6 is 0 Å². The normalized spacial score (nSPS) is 10.7. The van der Waals surface area contributed by atoms with E-state index in [1.165, 1.54) is 0 Å². The van der Waals surface area contributed by atoms with Crippen LogP contribution in [0.25, 0.3) is 11.0 Å². The Morgan fingerprint density at radius 1 is 1.55 bits per heavy atom. The molecule has 1 aromatic carbocycles. The maximum Gasteiger partial charge on any atom is 0.335 e. The van der Waals surface area contributed by atoms with Crippen LogP contribution in [0.5, 0.6) is 0 Å². The number of rotatable bonds is 7. The highest BCUT2D eigenvalue weighted by atomic mass is 16.4. The average Bonchev–Trinajstić information content (AvgIpc) is 2.79. The molecule has 0 aliphatic rings. The van der Waals surface area contributed by atoms with Crippen molar-refractivity contribution in [1.29, 1.82) is 0 Å². The lowest BCUT2D eigenvalue weighted by Gasteiger charge is -2.08. The molecule has 2 aromatic rings. The van der Waals surface area contributed by atoms with Gasteiger partial charge < -0.3 is 15.0 Å². The fourth-order valence-corrected chi connectivity index (χ4v) is 2.10. The second-order valence-corrected chi connectivity index (χ2v) is 4.62. The maximum absolute atomic E-state index is 11.0. The number of fused-ring (bicyclic) bond motifs is 1. The smallest absolute Gasteiger partial charge is 0.335 e. The first-order valence-electron chi connectivity index (χ1n) is 6.75. The number of imidazole rings is 1. The summed E-state index contributed by atoms with van der Waals surface area (Å²) in [6.07, 6.45) is 3.91. The van der Waals surface area contributed by atoms with Crippen molar-refractivity contribution in [3.63, 3.8) is 0 Å². The molecule has 2 rings (SSSR count). The van der Waals surface area contributed by atoms with E-state index in [4.69, 9.17) is 5.11 Å². The van der Waals surface area contributed by atoms with Gasteiger partial charge in [0.05, 0.1) is 16.6 Å². The second kappa shape index (κ2) is 6.23. The molecule has 0 atom stereocenters. The number of benzene rings is 1. The van der Waals surface area contributed by atoms with Gasteiger partial charge >= 0.3 is 5.97 Å². The quantitative estimate of drug-likeness (QED) is 0.760. The summed E-state index contributed by atoms with van der Waals surface area (Å²) in [7, 11) is 0. The molecular weight excluding hydrogens is 254 g/mol. The third kappa shape index (κ3) is 2.82. The van der Waals surface area contributed by atoms with Crippen molar-refractivity contribution in [3.8, 4) is 0 Å². The fraction of sp³-hybridized carbons (Fsp3) is 0.333. The molecule has 5 heteroatoms. The number of nitrogens with zero attached hydrogens (tertiary/aromatic N) is 2. The summed E-state index contributed by atoms with van der Waals surface area (Å²) in [6, 6.07) is 5.05. The monoisotopic (exact) mass is 273 g/mol. The molecule has 1 aromatic heterocycles. The number of hydrogen-bond acceptors (Lipinski definition) is 3. The average molecular weight is 273 g/mol. The molecule has 2 N–H and O–H groups in total. The van der Waals surface area contributed by atoms with Gasteiger partial charge in [0.1, 0.15) is 0 Å². The minimum atomic E-state index is -0.935. The maximum atomic E-state index is 11.0. The molecule has 0 aliphatic carbocycles. The fourth-order valence-electron chi connectivity index (χ4n) is 2.10. The summed E-state index contributed by atoms with van der Waals surface area (Å²) in [5, 5.41) is 12.2. The van der Waals surface area contributed by atoms with Gasteiger partial charge in [0.2, 0.25) is 5.95 Å². The zero-order valence-electron chi connectivity index (χ0n) is 11.6. The Bertz CT molecular complexity index is 631. The van der Waals surface area contributed by atoms with E-state index >= 15 is 0 Å². The first kappa shape index (κ1) is 14.1. The zero-order valence-corrected chi connectivity index (χ0v) is 11.6. The van der Waals surface area contributed by atoms with E-state index in [1.54, 1.807) is 18.2 Å². The molecule has 0 radical (unpaired) electrons. The number of anilines is 1. The van der Waals surface area contributed by atoms with Crippen LogP contribution in [0.3, 0.4) is 0 Å². The highest BCUT2D eigenvalue weighted by molar-refractivity contribution is 5.93. The van der Waals surface area contributed by atoms with E-state index in [-0.39, 0.29) is 5.56 Å². The Hall–Kier alpha value is -2.30. The summed E-state index contributed by atoms with van der Waals surface area (Å²) in [5.41, 5.74) is 1.91. The van der Waals surface area contributed by atoms with Gasteiger partial charge in [-0.05, 0) is 24.6 Å². The largest absolute Gasteiger partial charge is 0.478 e. The highest BCUT2D eigenvalue weighted by Gasteiger charge is 2.12. The molecule has 0 aliphatic heterocycles. The molecule has 0 saturated heterocycles. The van der Waals surface area contributed by atoms with Gasteiger partial charge in [-0.15, -0.1) is 6.58 Å². The van der Waals surface area contributed by atoms with Crippen LogP contribution in [0.15, 0.2) is 30.9 Å². The van der Waals surface area contributed by atoms with E-state index in [0.29, 0.717) is 12.1 Å². The lowest BCUT2D eigenvalue weighted by atomic mass is 10.2. The van der Waals surface area contributed by atoms with Crippen LogP contribution in [0.2, 0.25) is 0 Å². The molecule has 0 fully saturated rings. The van der Waals surface area contributed by atoms with Crippen LogP contribution in [0, 0.1) is 0 Å². The van der Waals surface area contributed by atoms with Gasteiger partial charge in [-0.1, -0.05) is 19.4 Å². The van der Waals surface area contributed by atoms with Crippen LogP contribution in [0.4, 0.5) is 5.95 Å². The highest BCUT2D eigenvalue weighted by Crippen LogP contribution is 2.22. The number of aromatic carboxylic acids is 1. The predicted molar refractivity (Wildman–Crippen MR) is 80.3 cm³/mol. The van der Waals surface area contributed by atoms with Crippen molar-refractivity contribution in [3.05, 3.63) is 36.4 Å². The number of carbonyl (C=O) groups is 1. The molecule has 0 amide bonds. The topological polar surface area (TPSA) is 67.2 Å². The SMILES string of the molecule is C=CCNc1nc2cc(C(=O)O)ccc2n1CCCC. The third-order valence-corrected chi connectivity index (χ3v) is 3.13. The van der Waals surface area contributed by atoms with Crippen molar-refractivity contribution in [1.82, 2.24) is 9.55 Å². The first-order chi connectivity index (χ1) is 9.67. The summed E-state index contributed by atoms with van der Waals surface area (Å²) in [5.74, 6) is -0.175. The molecular formula is C15H19N3O2. The Morgan fingerprint density at radius 3 is 3.00 bits per heavy atom. The van der Waals surface area contributed by atoms with Gasteiger partial charge in [0.25, 0.3) is 0 Å². The Labute approximate surface area is 117 Å². The molecule has 0 unspecified atom stereocenters. The van der Waals surface area contributed by atoms with Crippen LogP contribution in [-0.2, 0) is 6.54 Å². The minimum Gasteiger partial charge on any atom is -0.478 e. The van der Waals surface area contributed by atoms with E-state index in [1.807, 2.05) is 6.07 Å². The number of hydrogen-bond donors (Lipinski definition) is 2. The molecule has 1 heterocycles. The second-order valence-electron chi connectivity index (χ2n) is 4.62. The molecule has 0 spiro atoms. The molecule has 5 nitrogen and oxygen atoms in total. The number of nitrogens with one attached hydrogen (secondary N) is 1. The van der Waals surface area contributed by atoms with Crippen molar-refractivity contribution in [2.45, 2.75) is 26.3 Å². The summed E-state index contributed by atoms with van der Waals surface area (Å²) >= 11 is 0. The number of aromatic nitrogens is 2. The Morgan fingerprint density at radius 2 is 2.35 bits per heavy atom. The van der Waals surface area contributed by atoms with E-state index in [9.17, 15) is 4.79 Å². The summed E-state index contributed by atoms with van der Waals surface area (Å²) in [6.45, 7) is 7.31. The molecule has 106 valence electrons. The van der Waals surface area contributed by atoms with E-state index < -0.39 is 5.97 Å². The van der Waals surface area contributed by atoms with E-state index in [0.717, 1.165) is 30.9 Å². The summed E-state index contributed by atoms with van der Waals surface area (Å²) in [4.78, 5) is 15.5. The lowest BCUT2D eigenvalue weighted by Crippen LogP contribution is -2.07. The number of carboxylic acids is 1. The Kier molecular flexibility index (Phi) is 4.40. The van der Waals surface area contributed by atoms with Gasteiger partial charge in [-0.25, -0.2) is 9.78 Å². The molecule has 20 heavy (non-hydrogen) atoms. The van der Waals surface area contributed by atoms with Gasteiger partial charge in [-0.3, -0.25) is 0 Å². The van der Waals surface area contributed by atoms with Gasteiger partial charge in [0.15, 0.2) is 0 Å². The Balaban J connectivity index is 2.46. The van der Waals surface area contributed by atoms with Crippen molar-refractivity contribution >= 4 is 23.0 Å². The van der Waals surface area contributed by atoms with Crippen molar-refractivity contribution in [2.24, 2.45) is 0 Å². The van der Waals surface area contributed by atoms with Crippen molar-refractivity contribution in [2.75, 3.05) is 11.9 Å². The third-order valence-electron chi connectivity index (χ3n) is 3.13. The van der Waals surface area contributed by atoms with Gasteiger partial charge in [0, 0.05) is 13.1 Å². The number of carboxylic acid groups (broad SMARTS) is 1. The first-order valence-corrected chi connectivity index (χ1v) is 6.75. The standard InChI is InChI=1S/C15H19N3O2/c1-3-5-9-18-13-7-6-11(14(19)20)10-12(13)17-15(18)16-8-4-2/h4,6-7,10H,2-3,5,8-9H2,1H3,(H,16,17)(H,19,20). The van der Waals surface area contributed by atoms with Gasteiger partial charge in [-0.2, -0.15) is 0 Å². The number of aryl methyl sites for hydroxylation is 1. The number of unbranched alkanes of at least 4 members (excludes halogenated alkanes) is 1. The molecule has 0 saturated carbocycles. The van der Waals surface area contributed by atoms with E-state index in [2.05, 4.69) is 28.4 Å². The van der Waals surface area contributed by atoms with Crippen LogP contribution < -0.4 is 5.32 Å². The van der Waals surface area contributed by atoms with Crippen LogP contribution in [-0.4, -0.2) is 27.2 Å². The predicted octanol–water partition coefficient (Wildman–Crippen LogP) is 3.13. The minimum absolute atomic E-state index is 0.257. The van der Waals surface area contributed by atoms with Crippen molar-refractivity contribution < 1.29 is 9.90 Å². The van der Waals surface area contributed by atoms with Crippen LogP contribution in [0.1, 0.15) is 30.1 Å². The lowest BCUT2D eigenvalue weighted by molar-refractivity contribution is 0.0697. The molecule has 0 bridgehead atoms.